The van der Waals surface area contributed by atoms with Crippen LogP contribution >= 0.6 is 0 Å². The van der Waals surface area contributed by atoms with Crippen LogP contribution in [0, 0.1) is 11.8 Å². The number of benzene rings is 2. The SMILES string of the molecule is [B]c1ccc(C#Cc2ccc(C3CCC([B])CC3)cc2)cc1. The van der Waals surface area contributed by atoms with E-state index in [9.17, 15) is 0 Å². The minimum atomic E-state index is 0.404. The summed E-state index contributed by atoms with van der Waals surface area (Å²) >= 11 is 0. The average molecular weight is 280 g/mol. The molecule has 0 aliphatic heterocycles. The Labute approximate surface area is 136 Å². The van der Waals surface area contributed by atoms with Crippen LogP contribution in [0.3, 0.4) is 0 Å². The summed E-state index contributed by atoms with van der Waals surface area (Å²) in [6.07, 6.45) is 4.70. The predicted molar refractivity (Wildman–Crippen MR) is 95.0 cm³/mol. The lowest BCUT2D eigenvalue weighted by Gasteiger charge is -2.26. The lowest BCUT2D eigenvalue weighted by molar-refractivity contribution is 0.444. The zero-order valence-corrected chi connectivity index (χ0v) is 12.8. The first-order chi connectivity index (χ1) is 10.7. The summed E-state index contributed by atoms with van der Waals surface area (Å²) in [6.45, 7) is 0. The van der Waals surface area contributed by atoms with Gasteiger partial charge in [0.15, 0.2) is 0 Å². The van der Waals surface area contributed by atoms with Gasteiger partial charge in [-0.1, -0.05) is 60.2 Å². The molecule has 0 saturated heterocycles. The summed E-state index contributed by atoms with van der Waals surface area (Å²) < 4.78 is 0. The molecule has 0 heterocycles. The lowest BCUT2D eigenvalue weighted by Crippen LogP contribution is -2.09. The van der Waals surface area contributed by atoms with E-state index in [0.717, 1.165) is 29.4 Å². The Bertz CT molecular complexity index is 666. The Balaban J connectivity index is 1.68. The molecule has 0 N–H and O–H groups in total. The zero-order chi connectivity index (χ0) is 15.4. The van der Waals surface area contributed by atoms with Crippen LogP contribution in [-0.4, -0.2) is 15.7 Å². The third kappa shape index (κ3) is 3.86. The Hall–Kier alpha value is -1.87. The Morgan fingerprint density at radius 3 is 1.77 bits per heavy atom. The van der Waals surface area contributed by atoms with Crippen molar-refractivity contribution in [2.45, 2.75) is 37.4 Å². The van der Waals surface area contributed by atoms with Gasteiger partial charge in [-0.05, 0) is 48.6 Å². The number of hydrogen-bond donors (Lipinski definition) is 0. The molecule has 0 atom stereocenters. The number of rotatable bonds is 1. The van der Waals surface area contributed by atoms with Gasteiger partial charge in [0.25, 0.3) is 0 Å². The molecular formula is C20H18B2. The summed E-state index contributed by atoms with van der Waals surface area (Å²) in [5.74, 6) is 7.45. The second-order valence-corrected chi connectivity index (χ2v) is 6.11. The van der Waals surface area contributed by atoms with Crippen molar-refractivity contribution in [2.75, 3.05) is 0 Å². The molecule has 4 radical (unpaired) electrons. The van der Waals surface area contributed by atoms with E-state index in [4.69, 9.17) is 15.7 Å². The molecule has 104 valence electrons. The molecule has 0 unspecified atom stereocenters. The highest BCUT2D eigenvalue weighted by Gasteiger charge is 2.18. The van der Waals surface area contributed by atoms with Crippen molar-refractivity contribution in [3.63, 3.8) is 0 Å². The smallest absolute Gasteiger partial charge is 0.0966 e. The molecule has 1 fully saturated rings. The van der Waals surface area contributed by atoms with E-state index in [2.05, 4.69) is 36.1 Å². The van der Waals surface area contributed by atoms with Gasteiger partial charge in [-0.2, -0.15) is 0 Å². The van der Waals surface area contributed by atoms with Crippen molar-refractivity contribution < 1.29 is 0 Å². The largest absolute Gasteiger partial charge is 0.113 e. The van der Waals surface area contributed by atoms with E-state index in [-0.39, 0.29) is 0 Å². The van der Waals surface area contributed by atoms with Crippen molar-refractivity contribution in [1.29, 1.82) is 0 Å². The van der Waals surface area contributed by atoms with Crippen molar-refractivity contribution in [3.05, 3.63) is 65.2 Å². The fraction of sp³-hybridized carbons (Fsp3) is 0.300. The Morgan fingerprint density at radius 2 is 1.23 bits per heavy atom. The highest BCUT2D eigenvalue weighted by Crippen LogP contribution is 2.36. The molecule has 0 aromatic heterocycles. The molecule has 0 spiro atoms. The molecule has 2 aromatic carbocycles. The van der Waals surface area contributed by atoms with Crippen LogP contribution in [0.2, 0.25) is 5.82 Å². The van der Waals surface area contributed by atoms with Gasteiger partial charge in [0.05, 0.1) is 7.85 Å². The van der Waals surface area contributed by atoms with Crippen LogP contribution in [0.4, 0.5) is 0 Å². The van der Waals surface area contributed by atoms with Gasteiger partial charge < -0.3 is 0 Å². The van der Waals surface area contributed by atoms with Gasteiger partial charge in [-0.25, -0.2) is 0 Å². The first-order valence-corrected chi connectivity index (χ1v) is 7.94. The van der Waals surface area contributed by atoms with Gasteiger partial charge in [-0.3, -0.25) is 0 Å². The van der Waals surface area contributed by atoms with Crippen LogP contribution in [-0.2, 0) is 0 Å². The van der Waals surface area contributed by atoms with E-state index in [1.54, 1.807) is 0 Å². The van der Waals surface area contributed by atoms with Crippen LogP contribution in [0.15, 0.2) is 48.5 Å². The van der Waals surface area contributed by atoms with E-state index >= 15 is 0 Å². The van der Waals surface area contributed by atoms with Crippen molar-refractivity contribution in [1.82, 2.24) is 0 Å². The van der Waals surface area contributed by atoms with Crippen LogP contribution < -0.4 is 5.46 Å². The third-order valence-corrected chi connectivity index (χ3v) is 4.42. The van der Waals surface area contributed by atoms with E-state index in [1.807, 2.05) is 24.3 Å². The Morgan fingerprint density at radius 1 is 0.727 bits per heavy atom. The fourth-order valence-electron chi connectivity index (χ4n) is 3.00. The molecule has 1 saturated carbocycles. The normalized spacial score (nSPS) is 20.9. The molecule has 0 nitrogen and oxygen atoms in total. The van der Waals surface area contributed by atoms with Crippen molar-refractivity contribution >= 4 is 21.2 Å². The summed E-state index contributed by atoms with van der Waals surface area (Å²) in [5, 5.41) is 0. The predicted octanol–water partition coefficient (Wildman–Crippen LogP) is 3.49. The maximum absolute atomic E-state index is 5.98. The van der Waals surface area contributed by atoms with Crippen LogP contribution in [0.5, 0.6) is 0 Å². The third-order valence-electron chi connectivity index (χ3n) is 4.42. The maximum atomic E-state index is 5.98. The van der Waals surface area contributed by atoms with Gasteiger partial charge in [-0.15, -0.1) is 0 Å². The molecule has 3 rings (SSSR count). The second-order valence-electron chi connectivity index (χ2n) is 6.11. The van der Waals surface area contributed by atoms with Gasteiger partial charge in [0.2, 0.25) is 0 Å². The highest BCUT2D eigenvalue weighted by molar-refractivity contribution is 6.32. The average Bonchev–Trinajstić information content (AvgIpc) is 2.56. The van der Waals surface area contributed by atoms with Gasteiger partial charge in [0.1, 0.15) is 7.85 Å². The monoisotopic (exact) mass is 280 g/mol. The molecule has 2 aromatic rings. The summed E-state index contributed by atoms with van der Waals surface area (Å²) in [6, 6.07) is 16.3. The first kappa shape index (κ1) is 15.0. The minimum absolute atomic E-state index is 0.404. The fourth-order valence-corrected chi connectivity index (χ4v) is 3.00. The molecular weight excluding hydrogens is 262 g/mol. The van der Waals surface area contributed by atoms with E-state index in [1.165, 1.54) is 18.4 Å². The molecule has 1 aliphatic carbocycles. The lowest BCUT2D eigenvalue weighted by atomic mass is 9.70. The van der Waals surface area contributed by atoms with E-state index in [0.29, 0.717) is 11.7 Å². The summed E-state index contributed by atoms with van der Waals surface area (Å²) in [4.78, 5) is 0. The number of hydrogen-bond acceptors (Lipinski definition) is 0. The van der Waals surface area contributed by atoms with Gasteiger partial charge in [0, 0.05) is 11.1 Å². The minimum Gasteiger partial charge on any atom is -0.0966 e. The summed E-state index contributed by atoms with van der Waals surface area (Å²) in [7, 11) is 11.7. The molecule has 22 heavy (non-hydrogen) atoms. The highest BCUT2D eigenvalue weighted by atomic mass is 14.2. The van der Waals surface area contributed by atoms with Gasteiger partial charge >= 0.3 is 0 Å². The topological polar surface area (TPSA) is 0 Å². The molecule has 0 amide bonds. The maximum Gasteiger partial charge on any atom is 0.113 e. The summed E-state index contributed by atoms with van der Waals surface area (Å²) in [5.41, 5.74) is 4.22. The standard InChI is InChI=1S/C20H18B2/c21-19-11-5-16(6-12-19)2-1-15-3-7-17(8-4-15)18-9-13-20(22)14-10-18/h3-8,11-12,18,20H,9-10,13-14H2. The first-order valence-electron chi connectivity index (χ1n) is 7.94. The zero-order valence-electron chi connectivity index (χ0n) is 12.8. The quantitative estimate of drug-likeness (QED) is 0.554. The van der Waals surface area contributed by atoms with Crippen LogP contribution in [0.25, 0.3) is 0 Å². The second kappa shape index (κ2) is 6.93. The van der Waals surface area contributed by atoms with Crippen molar-refractivity contribution in [3.8, 4) is 11.8 Å². The molecule has 1 aliphatic rings. The van der Waals surface area contributed by atoms with E-state index < -0.39 is 0 Å². The molecule has 0 bridgehead atoms. The van der Waals surface area contributed by atoms with Crippen molar-refractivity contribution in [2.24, 2.45) is 0 Å². The molecule has 2 heteroatoms. The van der Waals surface area contributed by atoms with Crippen LogP contribution in [0.1, 0.15) is 48.3 Å². The Kier molecular flexibility index (Phi) is 4.74.